The Kier molecular flexibility index (Phi) is 7.21. The van der Waals surface area contributed by atoms with E-state index in [-0.39, 0.29) is 25.0 Å². The number of hydrogen-bond donors (Lipinski definition) is 2. The number of carbonyl (C=O) groups excluding carboxylic acids is 1. The summed E-state index contributed by atoms with van der Waals surface area (Å²) in [5.41, 5.74) is 1.02. The van der Waals surface area contributed by atoms with Gasteiger partial charge in [0.1, 0.15) is 6.67 Å². The molecule has 0 radical (unpaired) electrons. The number of hydrogen-bond acceptors (Lipinski definition) is 2. The van der Waals surface area contributed by atoms with Crippen LogP contribution in [-0.4, -0.2) is 48.3 Å². The third kappa shape index (κ3) is 6.74. The highest BCUT2D eigenvalue weighted by Gasteiger charge is 2.17. The normalized spacial score (nSPS) is 11.7. The molecule has 0 saturated heterocycles. The van der Waals surface area contributed by atoms with Crippen molar-refractivity contribution in [2.24, 2.45) is 0 Å². The minimum atomic E-state index is -0.903. The number of halogens is 1. The molecule has 0 aromatic heterocycles. The summed E-state index contributed by atoms with van der Waals surface area (Å²) in [4.78, 5) is 23.8. The highest BCUT2D eigenvalue weighted by Crippen LogP contribution is 2.08. The highest BCUT2D eigenvalue weighted by atomic mass is 19.1. The molecular formula is C15H21FN2O3. The van der Waals surface area contributed by atoms with Gasteiger partial charge in [-0.15, -0.1) is 0 Å². The zero-order chi connectivity index (χ0) is 15.7. The molecule has 0 bridgehead atoms. The van der Waals surface area contributed by atoms with Crippen LogP contribution in [0.5, 0.6) is 0 Å². The molecule has 0 fully saturated rings. The number of benzene rings is 1. The number of rotatable bonds is 8. The lowest BCUT2D eigenvalue weighted by molar-refractivity contribution is -0.137. The lowest BCUT2D eigenvalue weighted by atomic mass is 10.0. The van der Waals surface area contributed by atoms with Crippen molar-refractivity contribution in [3.05, 3.63) is 35.9 Å². The van der Waals surface area contributed by atoms with Crippen LogP contribution in [0.1, 0.15) is 18.4 Å². The quantitative estimate of drug-likeness (QED) is 0.771. The average molecular weight is 296 g/mol. The number of nitrogens with one attached hydrogen (secondary N) is 1. The predicted octanol–water partition coefficient (Wildman–Crippen LogP) is 2.07. The van der Waals surface area contributed by atoms with E-state index in [0.717, 1.165) is 5.56 Å². The summed E-state index contributed by atoms with van der Waals surface area (Å²) in [6.45, 7) is -0.592. The maximum absolute atomic E-state index is 12.2. The molecule has 2 amide bonds. The van der Waals surface area contributed by atoms with Crippen LogP contribution in [0.15, 0.2) is 30.3 Å². The van der Waals surface area contributed by atoms with Crippen molar-refractivity contribution >= 4 is 12.0 Å². The fraction of sp³-hybridized carbons (Fsp3) is 0.467. The molecule has 5 nitrogen and oxygen atoms in total. The van der Waals surface area contributed by atoms with E-state index in [1.807, 2.05) is 30.3 Å². The van der Waals surface area contributed by atoms with Gasteiger partial charge >= 0.3 is 12.0 Å². The minimum absolute atomic E-state index is 0.0167. The minimum Gasteiger partial charge on any atom is -0.481 e. The van der Waals surface area contributed by atoms with Crippen LogP contribution in [0.25, 0.3) is 0 Å². The van der Waals surface area contributed by atoms with Crippen molar-refractivity contribution in [2.45, 2.75) is 25.3 Å². The summed E-state index contributed by atoms with van der Waals surface area (Å²) in [6, 6.07) is 8.83. The number of amides is 2. The van der Waals surface area contributed by atoms with Crippen molar-refractivity contribution in [2.75, 3.05) is 20.3 Å². The van der Waals surface area contributed by atoms with E-state index in [1.165, 1.54) is 11.9 Å². The van der Waals surface area contributed by atoms with Gasteiger partial charge in [-0.25, -0.2) is 9.18 Å². The van der Waals surface area contributed by atoms with Crippen molar-refractivity contribution < 1.29 is 19.1 Å². The molecule has 1 aromatic carbocycles. The van der Waals surface area contributed by atoms with Gasteiger partial charge < -0.3 is 15.3 Å². The Morgan fingerprint density at radius 2 is 2.00 bits per heavy atom. The van der Waals surface area contributed by atoms with Crippen molar-refractivity contribution in [1.82, 2.24) is 10.2 Å². The van der Waals surface area contributed by atoms with Gasteiger partial charge in [0.15, 0.2) is 0 Å². The van der Waals surface area contributed by atoms with Gasteiger partial charge in [0.05, 0.1) is 6.54 Å². The fourth-order valence-corrected chi connectivity index (χ4v) is 1.93. The van der Waals surface area contributed by atoms with Crippen LogP contribution in [0.4, 0.5) is 9.18 Å². The average Bonchev–Trinajstić information content (AvgIpc) is 2.46. The second-order valence-corrected chi connectivity index (χ2v) is 4.88. The third-order valence-electron chi connectivity index (χ3n) is 3.13. The van der Waals surface area contributed by atoms with E-state index in [0.29, 0.717) is 12.8 Å². The highest BCUT2D eigenvalue weighted by molar-refractivity contribution is 5.74. The standard InChI is InChI=1S/C15H21FN2O3/c1-18(10-9-16)15(21)17-13(7-8-14(19)20)11-12-5-3-2-4-6-12/h2-6,13H,7-11H2,1H3,(H,17,21)(H,19,20). The number of nitrogens with zero attached hydrogens (tertiary/aromatic N) is 1. The number of aliphatic carboxylic acids is 1. The van der Waals surface area contributed by atoms with Crippen LogP contribution in [0.3, 0.4) is 0 Å². The van der Waals surface area contributed by atoms with Crippen LogP contribution in [0.2, 0.25) is 0 Å². The van der Waals surface area contributed by atoms with E-state index in [9.17, 15) is 14.0 Å². The summed E-state index contributed by atoms with van der Waals surface area (Å²) in [6.07, 6.45) is 0.855. The summed E-state index contributed by atoms with van der Waals surface area (Å²) in [5.74, 6) is -0.903. The summed E-state index contributed by atoms with van der Waals surface area (Å²) < 4.78 is 12.2. The Hall–Kier alpha value is -2.11. The fourth-order valence-electron chi connectivity index (χ4n) is 1.93. The predicted molar refractivity (Wildman–Crippen MR) is 77.9 cm³/mol. The second-order valence-electron chi connectivity index (χ2n) is 4.88. The molecule has 0 aliphatic heterocycles. The molecule has 0 aliphatic rings. The smallest absolute Gasteiger partial charge is 0.317 e. The monoisotopic (exact) mass is 296 g/mol. The van der Waals surface area contributed by atoms with Crippen LogP contribution < -0.4 is 5.32 Å². The molecule has 0 spiro atoms. The van der Waals surface area contributed by atoms with Gasteiger partial charge in [-0.2, -0.15) is 0 Å². The SMILES string of the molecule is CN(CCF)C(=O)NC(CCC(=O)O)Cc1ccccc1. The number of carboxylic acids is 1. The Bertz CT molecular complexity index is 453. The maximum atomic E-state index is 12.2. The molecule has 1 unspecified atom stereocenters. The van der Waals surface area contributed by atoms with E-state index >= 15 is 0 Å². The van der Waals surface area contributed by atoms with E-state index in [4.69, 9.17) is 5.11 Å². The zero-order valence-corrected chi connectivity index (χ0v) is 12.1. The first-order valence-corrected chi connectivity index (χ1v) is 6.86. The molecule has 0 saturated carbocycles. The summed E-state index contributed by atoms with van der Waals surface area (Å²) in [5, 5.41) is 11.5. The Balaban J connectivity index is 2.63. The first-order chi connectivity index (χ1) is 10.0. The molecule has 21 heavy (non-hydrogen) atoms. The Morgan fingerprint density at radius 3 is 2.57 bits per heavy atom. The topological polar surface area (TPSA) is 69.6 Å². The summed E-state index contributed by atoms with van der Waals surface area (Å²) >= 11 is 0. The largest absolute Gasteiger partial charge is 0.481 e. The summed E-state index contributed by atoms with van der Waals surface area (Å²) in [7, 11) is 1.51. The Labute approximate surface area is 123 Å². The number of carbonyl (C=O) groups is 2. The lowest BCUT2D eigenvalue weighted by Gasteiger charge is -2.23. The first kappa shape index (κ1) is 16.9. The molecule has 0 aliphatic carbocycles. The number of carboxylic acid groups (broad SMARTS) is 1. The molecule has 2 N–H and O–H groups in total. The van der Waals surface area contributed by atoms with E-state index in [1.54, 1.807) is 0 Å². The number of urea groups is 1. The van der Waals surface area contributed by atoms with Crippen molar-refractivity contribution in [3.63, 3.8) is 0 Å². The second kappa shape index (κ2) is 8.94. The van der Waals surface area contributed by atoms with Gasteiger partial charge in [-0.1, -0.05) is 30.3 Å². The van der Waals surface area contributed by atoms with Crippen molar-refractivity contribution in [3.8, 4) is 0 Å². The van der Waals surface area contributed by atoms with Gasteiger partial charge in [0.2, 0.25) is 0 Å². The van der Waals surface area contributed by atoms with Crippen LogP contribution in [-0.2, 0) is 11.2 Å². The molecule has 6 heteroatoms. The third-order valence-corrected chi connectivity index (χ3v) is 3.13. The first-order valence-electron chi connectivity index (χ1n) is 6.86. The van der Waals surface area contributed by atoms with Gasteiger partial charge in [0.25, 0.3) is 0 Å². The lowest BCUT2D eigenvalue weighted by Crippen LogP contribution is -2.44. The van der Waals surface area contributed by atoms with Gasteiger partial charge in [0, 0.05) is 19.5 Å². The number of alkyl halides is 1. The van der Waals surface area contributed by atoms with Crippen molar-refractivity contribution in [1.29, 1.82) is 0 Å². The maximum Gasteiger partial charge on any atom is 0.317 e. The molecule has 116 valence electrons. The van der Waals surface area contributed by atoms with Crippen LogP contribution >= 0.6 is 0 Å². The van der Waals surface area contributed by atoms with Crippen LogP contribution in [0, 0.1) is 0 Å². The van der Waals surface area contributed by atoms with E-state index < -0.39 is 12.6 Å². The van der Waals surface area contributed by atoms with E-state index in [2.05, 4.69) is 5.32 Å². The Morgan fingerprint density at radius 1 is 1.33 bits per heavy atom. The molecular weight excluding hydrogens is 275 g/mol. The molecule has 0 heterocycles. The zero-order valence-electron chi connectivity index (χ0n) is 12.1. The van der Waals surface area contributed by atoms with Gasteiger partial charge in [-0.05, 0) is 18.4 Å². The molecule has 1 aromatic rings. The van der Waals surface area contributed by atoms with Gasteiger partial charge in [-0.3, -0.25) is 4.79 Å². The molecule has 1 atom stereocenters. The molecule has 1 rings (SSSR count).